The summed E-state index contributed by atoms with van der Waals surface area (Å²) < 4.78 is 0. The van der Waals surface area contributed by atoms with Crippen molar-refractivity contribution in [1.82, 2.24) is 5.32 Å². The summed E-state index contributed by atoms with van der Waals surface area (Å²) in [5, 5.41) is 4.23. The van der Waals surface area contributed by atoms with Crippen LogP contribution in [-0.2, 0) is 0 Å². The summed E-state index contributed by atoms with van der Waals surface area (Å²) in [5.41, 5.74) is 3.00. The summed E-state index contributed by atoms with van der Waals surface area (Å²) in [5.74, 6) is 1.57. The van der Waals surface area contributed by atoms with E-state index in [-0.39, 0.29) is 5.54 Å². The average Bonchev–Trinajstić information content (AvgIpc) is 2.81. The van der Waals surface area contributed by atoms with Gasteiger partial charge in [-0.2, -0.15) is 0 Å². The molecule has 1 fully saturated rings. The van der Waals surface area contributed by atoms with Crippen molar-refractivity contribution in [2.45, 2.75) is 30.7 Å². The van der Waals surface area contributed by atoms with Gasteiger partial charge in [0.05, 0.1) is 5.37 Å². The average molecular weight is 283 g/mol. The molecule has 1 saturated heterocycles. The second-order valence-corrected chi connectivity index (χ2v) is 7.19. The van der Waals surface area contributed by atoms with E-state index >= 15 is 0 Å². The van der Waals surface area contributed by atoms with Crippen molar-refractivity contribution < 1.29 is 0 Å². The molecule has 0 spiro atoms. The Bertz CT molecular complexity index is 511. The van der Waals surface area contributed by atoms with Gasteiger partial charge in [0, 0.05) is 17.2 Å². The van der Waals surface area contributed by atoms with Crippen LogP contribution in [0.5, 0.6) is 0 Å². The van der Waals surface area contributed by atoms with E-state index in [1.165, 1.54) is 11.1 Å². The minimum absolute atomic E-state index is 0.219. The fourth-order valence-corrected chi connectivity index (χ4v) is 4.40. The second kappa shape index (κ2) is 5.63. The zero-order valence-electron chi connectivity index (χ0n) is 12.0. The van der Waals surface area contributed by atoms with Crippen LogP contribution < -0.4 is 5.32 Å². The normalized spacial score (nSPS) is 21.2. The molecule has 1 aliphatic rings. The Morgan fingerprint density at radius 3 is 1.85 bits per heavy atom. The molecule has 0 amide bonds. The van der Waals surface area contributed by atoms with Crippen LogP contribution in [0.15, 0.2) is 60.7 Å². The lowest BCUT2D eigenvalue weighted by Gasteiger charge is -2.27. The van der Waals surface area contributed by atoms with Crippen molar-refractivity contribution in [2.75, 3.05) is 5.75 Å². The van der Waals surface area contributed by atoms with Crippen molar-refractivity contribution in [3.05, 3.63) is 71.8 Å². The first-order valence-corrected chi connectivity index (χ1v) is 8.20. The predicted octanol–water partition coefficient (Wildman–Crippen LogP) is 4.26. The van der Waals surface area contributed by atoms with Crippen LogP contribution in [0.2, 0.25) is 0 Å². The molecule has 1 N–H and O–H groups in total. The molecule has 1 unspecified atom stereocenters. The zero-order chi connectivity index (χ0) is 14.0. The molecule has 1 nitrogen and oxygen atoms in total. The van der Waals surface area contributed by atoms with Crippen molar-refractivity contribution in [3.8, 4) is 0 Å². The number of thioether (sulfide) groups is 1. The van der Waals surface area contributed by atoms with Gasteiger partial charge in [0.2, 0.25) is 0 Å². The largest absolute Gasteiger partial charge is 0.299 e. The Kier molecular flexibility index (Phi) is 3.86. The maximum atomic E-state index is 3.79. The third-order valence-corrected chi connectivity index (χ3v) is 5.41. The van der Waals surface area contributed by atoms with Gasteiger partial charge in [0.15, 0.2) is 0 Å². The number of rotatable bonds is 3. The van der Waals surface area contributed by atoms with Gasteiger partial charge in [-0.15, -0.1) is 11.8 Å². The molecular weight excluding hydrogens is 262 g/mol. The molecule has 2 aromatic rings. The van der Waals surface area contributed by atoms with Crippen LogP contribution >= 0.6 is 11.8 Å². The van der Waals surface area contributed by atoms with E-state index in [0.717, 1.165) is 5.75 Å². The highest BCUT2D eigenvalue weighted by Crippen LogP contribution is 2.39. The van der Waals surface area contributed by atoms with E-state index in [2.05, 4.69) is 79.8 Å². The highest BCUT2D eigenvalue weighted by molar-refractivity contribution is 8.00. The molecular formula is C18H21NS. The van der Waals surface area contributed by atoms with Gasteiger partial charge >= 0.3 is 0 Å². The Morgan fingerprint density at radius 1 is 0.950 bits per heavy atom. The quantitative estimate of drug-likeness (QED) is 0.903. The van der Waals surface area contributed by atoms with Crippen LogP contribution in [0.4, 0.5) is 0 Å². The Balaban J connectivity index is 1.97. The summed E-state index contributed by atoms with van der Waals surface area (Å²) >= 11 is 2.04. The summed E-state index contributed by atoms with van der Waals surface area (Å²) in [6.45, 7) is 4.57. The third kappa shape index (κ3) is 2.92. The van der Waals surface area contributed by atoms with Crippen molar-refractivity contribution in [1.29, 1.82) is 0 Å². The highest BCUT2D eigenvalue weighted by atomic mass is 32.2. The van der Waals surface area contributed by atoms with E-state index in [9.17, 15) is 0 Å². The molecule has 1 aliphatic heterocycles. The lowest BCUT2D eigenvalue weighted by atomic mass is 9.90. The SMILES string of the molecule is CC1(C)CSC(C(c2ccccc2)c2ccccc2)N1. The molecule has 0 aliphatic carbocycles. The van der Waals surface area contributed by atoms with Gasteiger partial charge in [0.1, 0.15) is 0 Å². The van der Waals surface area contributed by atoms with Crippen LogP contribution in [0.3, 0.4) is 0 Å². The number of nitrogens with one attached hydrogen (secondary N) is 1. The van der Waals surface area contributed by atoms with Gasteiger partial charge in [-0.25, -0.2) is 0 Å². The second-order valence-electron chi connectivity index (χ2n) is 6.06. The molecule has 2 heteroatoms. The van der Waals surface area contributed by atoms with Gasteiger partial charge in [0.25, 0.3) is 0 Å². The maximum Gasteiger partial charge on any atom is 0.0647 e. The van der Waals surface area contributed by atoms with Gasteiger partial charge in [-0.05, 0) is 25.0 Å². The fraction of sp³-hybridized carbons (Fsp3) is 0.333. The summed E-state index contributed by atoms with van der Waals surface area (Å²) in [6.07, 6.45) is 0. The minimum Gasteiger partial charge on any atom is -0.299 e. The topological polar surface area (TPSA) is 12.0 Å². The fourth-order valence-electron chi connectivity index (χ4n) is 2.81. The van der Waals surface area contributed by atoms with E-state index < -0.39 is 0 Å². The lowest BCUT2D eigenvalue weighted by Crippen LogP contribution is -2.41. The molecule has 0 radical (unpaired) electrons. The monoisotopic (exact) mass is 283 g/mol. The Hall–Kier alpha value is -1.25. The first-order valence-electron chi connectivity index (χ1n) is 7.15. The molecule has 1 atom stereocenters. The first-order chi connectivity index (χ1) is 9.66. The van der Waals surface area contributed by atoms with Crippen LogP contribution in [0.25, 0.3) is 0 Å². The maximum absolute atomic E-state index is 3.79. The molecule has 104 valence electrons. The number of hydrogen-bond donors (Lipinski definition) is 1. The minimum atomic E-state index is 0.219. The Labute approximate surface area is 125 Å². The smallest absolute Gasteiger partial charge is 0.0647 e. The van der Waals surface area contributed by atoms with Gasteiger partial charge in [-0.1, -0.05) is 60.7 Å². The molecule has 1 heterocycles. The third-order valence-electron chi connectivity index (χ3n) is 3.78. The summed E-state index contributed by atoms with van der Waals surface area (Å²) in [6, 6.07) is 21.7. The highest BCUT2D eigenvalue weighted by Gasteiger charge is 2.36. The standard InChI is InChI=1S/C18H21NS/c1-18(2)13-20-17(19-18)16(14-9-5-3-6-10-14)15-11-7-4-8-12-15/h3-12,16-17,19H,13H2,1-2H3. The Morgan fingerprint density at radius 2 is 1.45 bits per heavy atom. The zero-order valence-corrected chi connectivity index (χ0v) is 12.9. The molecule has 0 bridgehead atoms. The molecule has 2 aromatic carbocycles. The molecule has 3 rings (SSSR count). The van der Waals surface area contributed by atoms with Crippen LogP contribution in [-0.4, -0.2) is 16.7 Å². The summed E-state index contributed by atoms with van der Waals surface area (Å²) in [4.78, 5) is 0. The van der Waals surface area contributed by atoms with Gasteiger partial charge < -0.3 is 0 Å². The van der Waals surface area contributed by atoms with Crippen LogP contribution in [0, 0.1) is 0 Å². The van der Waals surface area contributed by atoms with E-state index in [4.69, 9.17) is 0 Å². The van der Waals surface area contributed by atoms with Crippen molar-refractivity contribution in [3.63, 3.8) is 0 Å². The van der Waals surface area contributed by atoms with E-state index in [0.29, 0.717) is 11.3 Å². The van der Waals surface area contributed by atoms with Crippen molar-refractivity contribution >= 4 is 11.8 Å². The van der Waals surface area contributed by atoms with Crippen molar-refractivity contribution in [2.24, 2.45) is 0 Å². The van der Waals surface area contributed by atoms with E-state index in [1.54, 1.807) is 0 Å². The van der Waals surface area contributed by atoms with Crippen LogP contribution in [0.1, 0.15) is 30.9 Å². The summed E-state index contributed by atoms with van der Waals surface area (Å²) in [7, 11) is 0. The molecule has 20 heavy (non-hydrogen) atoms. The van der Waals surface area contributed by atoms with Gasteiger partial charge in [-0.3, -0.25) is 5.32 Å². The number of benzene rings is 2. The molecule has 0 saturated carbocycles. The predicted molar refractivity (Wildman–Crippen MR) is 88.2 cm³/mol. The molecule has 0 aromatic heterocycles. The first kappa shape index (κ1) is 13.7. The number of hydrogen-bond acceptors (Lipinski definition) is 2. The van der Waals surface area contributed by atoms with E-state index in [1.807, 2.05) is 11.8 Å². The lowest BCUT2D eigenvalue weighted by molar-refractivity contribution is 0.431.